The van der Waals surface area contributed by atoms with Gasteiger partial charge in [-0.05, 0) is 25.0 Å². The molecule has 1 aromatic rings. The van der Waals surface area contributed by atoms with E-state index in [9.17, 15) is 4.79 Å². The Kier molecular flexibility index (Phi) is 4.94. The number of carbonyl (C=O) groups excluding carboxylic acids is 1. The summed E-state index contributed by atoms with van der Waals surface area (Å²) < 4.78 is 0. The highest BCUT2D eigenvalue weighted by Gasteiger charge is 2.16. The molecule has 0 aliphatic carbocycles. The smallest absolute Gasteiger partial charge is 0.272 e. The second-order valence-corrected chi connectivity index (χ2v) is 4.42. The number of carbonyl (C=O) groups is 1. The number of hydrogen-bond donors (Lipinski definition) is 1. The molecule has 17 heavy (non-hydrogen) atoms. The number of rotatable bonds is 5. The van der Waals surface area contributed by atoms with Crippen molar-refractivity contribution < 1.29 is 4.79 Å². The zero-order chi connectivity index (χ0) is 12.8. The van der Waals surface area contributed by atoms with Crippen molar-refractivity contribution in [3.8, 4) is 0 Å². The maximum absolute atomic E-state index is 12.2. The molecule has 0 bridgehead atoms. The molecular weight excluding hydrogens is 214 g/mol. The number of anilines is 1. The highest BCUT2D eigenvalue weighted by molar-refractivity contribution is 5.93. The fourth-order valence-corrected chi connectivity index (χ4v) is 1.66. The molecule has 0 spiro atoms. The van der Waals surface area contributed by atoms with Crippen molar-refractivity contribution in [1.82, 2.24) is 9.88 Å². The van der Waals surface area contributed by atoms with Crippen molar-refractivity contribution in [2.45, 2.75) is 20.8 Å². The van der Waals surface area contributed by atoms with Crippen LogP contribution < -0.4 is 5.32 Å². The van der Waals surface area contributed by atoms with Crippen molar-refractivity contribution in [2.24, 2.45) is 5.92 Å². The van der Waals surface area contributed by atoms with Crippen LogP contribution in [-0.4, -0.2) is 35.9 Å². The summed E-state index contributed by atoms with van der Waals surface area (Å²) in [7, 11) is 1.83. The van der Waals surface area contributed by atoms with Crippen molar-refractivity contribution in [3.63, 3.8) is 0 Å². The maximum Gasteiger partial charge on any atom is 0.272 e. The Labute approximate surface area is 103 Å². The van der Waals surface area contributed by atoms with Gasteiger partial charge in [0.25, 0.3) is 5.91 Å². The second-order valence-electron chi connectivity index (χ2n) is 4.42. The first-order valence-electron chi connectivity index (χ1n) is 6.01. The summed E-state index contributed by atoms with van der Waals surface area (Å²) in [4.78, 5) is 18.2. The van der Waals surface area contributed by atoms with Gasteiger partial charge in [0, 0.05) is 32.0 Å². The molecule has 1 aromatic heterocycles. The second kappa shape index (κ2) is 6.23. The Bertz CT molecular complexity index is 377. The molecule has 1 heterocycles. The Morgan fingerprint density at radius 1 is 1.53 bits per heavy atom. The lowest BCUT2D eigenvalue weighted by Crippen LogP contribution is -2.34. The van der Waals surface area contributed by atoms with Gasteiger partial charge >= 0.3 is 0 Å². The predicted molar refractivity (Wildman–Crippen MR) is 70.2 cm³/mol. The molecular formula is C13H21N3O. The van der Waals surface area contributed by atoms with Crippen LogP contribution in [0.5, 0.6) is 0 Å². The molecule has 4 heteroatoms. The van der Waals surface area contributed by atoms with E-state index in [-0.39, 0.29) is 5.91 Å². The van der Waals surface area contributed by atoms with Gasteiger partial charge in [0.1, 0.15) is 5.69 Å². The van der Waals surface area contributed by atoms with E-state index in [0.29, 0.717) is 18.2 Å². The number of aromatic nitrogens is 1. The molecule has 1 N–H and O–H groups in total. The number of nitrogens with zero attached hydrogens (tertiary/aromatic N) is 2. The third-order valence-corrected chi connectivity index (χ3v) is 2.52. The SMILES string of the molecule is CCN(CC(C)C)C(=O)c1cc(NC)ccn1. The van der Waals surface area contributed by atoms with Crippen LogP contribution in [0.15, 0.2) is 18.3 Å². The quantitative estimate of drug-likeness (QED) is 0.851. The van der Waals surface area contributed by atoms with Gasteiger partial charge in [-0.25, -0.2) is 0 Å². The Hall–Kier alpha value is -1.58. The summed E-state index contributed by atoms with van der Waals surface area (Å²) in [5.74, 6) is 0.463. The number of pyridine rings is 1. The summed E-state index contributed by atoms with van der Waals surface area (Å²) in [6.07, 6.45) is 1.66. The fourth-order valence-electron chi connectivity index (χ4n) is 1.66. The Morgan fingerprint density at radius 3 is 2.76 bits per heavy atom. The van der Waals surface area contributed by atoms with Crippen LogP contribution in [0.2, 0.25) is 0 Å². The summed E-state index contributed by atoms with van der Waals surface area (Å²) in [5.41, 5.74) is 1.41. The lowest BCUT2D eigenvalue weighted by Gasteiger charge is -2.22. The third kappa shape index (κ3) is 3.73. The highest BCUT2D eigenvalue weighted by Crippen LogP contribution is 2.10. The van der Waals surface area contributed by atoms with Gasteiger partial charge in [-0.15, -0.1) is 0 Å². The van der Waals surface area contributed by atoms with Gasteiger partial charge in [0.15, 0.2) is 0 Å². The molecule has 4 nitrogen and oxygen atoms in total. The fraction of sp³-hybridized carbons (Fsp3) is 0.538. The Morgan fingerprint density at radius 2 is 2.24 bits per heavy atom. The van der Waals surface area contributed by atoms with Gasteiger partial charge in [0.2, 0.25) is 0 Å². The minimum absolute atomic E-state index is 0.00157. The van der Waals surface area contributed by atoms with Gasteiger partial charge in [-0.1, -0.05) is 13.8 Å². The minimum Gasteiger partial charge on any atom is -0.388 e. The zero-order valence-electron chi connectivity index (χ0n) is 11.0. The molecule has 0 saturated heterocycles. The van der Waals surface area contributed by atoms with E-state index >= 15 is 0 Å². The predicted octanol–water partition coefficient (Wildman–Crippen LogP) is 2.24. The first-order valence-corrected chi connectivity index (χ1v) is 6.01. The van der Waals surface area contributed by atoms with Crippen molar-refractivity contribution in [1.29, 1.82) is 0 Å². The van der Waals surface area contributed by atoms with Crippen LogP contribution in [-0.2, 0) is 0 Å². The lowest BCUT2D eigenvalue weighted by atomic mass is 10.2. The average Bonchev–Trinajstić information content (AvgIpc) is 2.35. The molecule has 1 amide bonds. The molecule has 0 aliphatic rings. The summed E-state index contributed by atoms with van der Waals surface area (Å²) >= 11 is 0. The van der Waals surface area contributed by atoms with Crippen LogP contribution in [0.1, 0.15) is 31.3 Å². The monoisotopic (exact) mass is 235 g/mol. The van der Waals surface area contributed by atoms with Crippen LogP contribution in [0.25, 0.3) is 0 Å². The van der Waals surface area contributed by atoms with Crippen LogP contribution >= 0.6 is 0 Å². The lowest BCUT2D eigenvalue weighted by molar-refractivity contribution is 0.0740. The molecule has 0 atom stereocenters. The number of nitrogens with one attached hydrogen (secondary N) is 1. The van der Waals surface area contributed by atoms with Crippen molar-refractivity contribution >= 4 is 11.6 Å². The normalized spacial score (nSPS) is 10.4. The van der Waals surface area contributed by atoms with E-state index in [1.807, 2.05) is 24.9 Å². The first kappa shape index (κ1) is 13.5. The van der Waals surface area contributed by atoms with E-state index in [2.05, 4.69) is 24.1 Å². The van der Waals surface area contributed by atoms with E-state index in [0.717, 1.165) is 12.2 Å². The Balaban J connectivity index is 2.85. The number of hydrogen-bond acceptors (Lipinski definition) is 3. The van der Waals surface area contributed by atoms with E-state index in [1.54, 1.807) is 12.3 Å². The maximum atomic E-state index is 12.2. The van der Waals surface area contributed by atoms with Gasteiger partial charge in [0.05, 0.1) is 0 Å². The van der Waals surface area contributed by atoms with Crippen LogP contribution in [0.4, 0.5) is 5.69 Å². The van der Waals surface area contributed by atoms with E-state index in [1.165, 1.54) is 0 Å². The van der Waals surface area contributed by atoms with Gasteiger partial charge in [-0.3, -0.25) is 9.78 Å². The first-order chi connectivity index (χ1) is 8.08. The van der Waals surface area contributed by atoms with Crippen LogP contribution in [0.3, 0.4) is 0 Å². The summed E-state index contributed by atoms with van der Waals surface area (Å²) in [5, 5.41) is 3.01. The summed E-state index contributed by atoms with van der Waals surface area (Å²) in [6, 6.07) is 3.63. The molecule has 0 unspecified atom stereocenters. The minimum atomic E-state index is -0.00157. The van der Waals surface area contributed by atoms with Crippen molar-refractivity contribution in [2.75, 3.05) is 25.5 Å². The summed E-state index contributed by atoms with van der Waals surface area (Å²) in [6.45, 7) is 7.67. The average molecular weight is 235 g/mol. The van der Waals surface area contributed by atoms with Crippen molar-refractivity contribution in [3.05, 3.63) is 24.0 Å². The largest absolute Gasteiger partial charge is 0.388 e. The molecule has 1 rings (SSSR count). The highest BCUT2D eigenvalue weighted by atomic mass is 16.2. The third-order valence-electron chi connectivity index (χ3n) is 2.52. The van der Waals surface area contributed by atoms with Gasteiger partial charge < -0.3 is 10.2 Å². The van der Waals surface area contributed by atoms with E-state index < -0.39 is 0 Å². The number of amides is 1. The molecule has 0 radical (unpaired) electrons. The molecule has 0 saturated carbocycles. The molecule has 94 valence electrons. The molecule has 0 aromatic carbocycles. The zero-order valence-corrected chi connectivity index (χ0v) is 11.0. The van der Waals surface area contributed by atoms with Crippen LogP contribution in [0, 0.1) is 5.92 Å². The molecule has 0 aliphatic heterocycles. The van der Waals surface area contributed by atoms with Gasteiger partial charge in [-0.2, -0.15) is 0 Å². The standard InChI is InChI=1S/C13H21N3O/c1-5-16(9-10(2)3)13(17)12-8-11(14-4)6-7-15-12/h6-8,10H,5,9H2,1-4H3,(H,14,15). The van der Waals surface area contributed by atoms with E-state index in [4.69, 9.17) is 0 Å². The molecule has 0 fully saturated rings. The topological polar surface area (TPSA) is 45.2 Å².